The molecule has 0 saturated carbocycles. The van der Waals surface area contributed by atoms with Crippen LogP contribution in [0.2, 0.25) is 5.02 Å². The molecule has 0 radical (unpaired) electrons. The molecule has 59 heavy (non-hydrogen) atoms. The summed E-state index contributed by atoms with van der Waals surface area (Å²) in [6.07, 6.45) is 7.89. The molecule has 0 aliphatic heterocycles. The number of aromatic hydroxyl groups is 1. The van der Waals surface area contributed by atoms with E-state index in [1.165, 1.54) is 0 Å². The molecular weight excluding hydrogens is 887 g/mol. The minimum Gasteiger partial charge on any atom is -0.508 e. The number of nitrogens with two attached hydrogens (primary N) is 1. The van der Waals surface area contributed by atoms with E-state index < -0.39 is 41.8 Å². The lowest BCUT2D eigenvalue weighted by Crippen LogP contribution is -2.58. The van der Waals surface area contributed by atoms with Crippen molar-refractivity contribution in [3.05, 3.63) is 130 Å². The van der Waals surface area contributed by atoms with Gasteiger partial charge in [-0.3, -0.25) is 29.0 Å². The van der Waals surface area contributed by atoms with Gasteiger partial charge in [0.15, 0.2) is 0 Å². The van der Waals surface area contributed by atoms with Gasteiger partial charge in [-0.25, -0.2) is 0 Å². The number of rotatable bonds is 19. The SMILES string of the molecule is NCCCC(=O)N[C@@H](Cc1c[nH]c2ccc(O)cc12)C(=O)N[C@@H](Cc1ccc(Cl)cc1)C(=O)N[C@@H](Cc1ccncc1)C(=O)NCCc1c[nH]c2ccc(C(=O)I)cc12. The van der Waals surface area contributed by atoms with Gasteiger partial charge in [-0.1, -0.05) is 23.7 Å². The normalized spacial score (nSPS) is 12.7. The Bertz CT molecular complexity index is 2440. The van der Waals surface area contributed by atoms with Gasteiger partial charge in [-0.15, -0.1) is 0 Å². The van der Waals surface area contributed by atoms with Crippen molar-refractivity contribution in [3.8, 4) is 5.75 Å². The van der Waals surface area contributed by atoms with Gasteiger partial charge in [-0.2, -0.15) is 0 Å². The molecule has 9 N–H and O–H groups in total. The number of carbonyl (C=O) groups excluding carboxylic acids is 5. The van der Waals surface area contributed by atoms with E-state index in [4.69, 9.17) is 17.3 Å². The summed E-state index contributed by atoms with van der Waals surface area (Å²) in [5.74, 6) is -2.05. The second-order valence-corrected chi connectivity index (χ2v) is 15.6. The number of amides is 4. The van der Waals surface area contributed by atoms with Crippen molar-refractivity contribution in [2.45, 2.75) is 56.7 Å². The van der Waals surface area contributed by atoms with Crippen molar-refractivity contribution in [1.29, 1.82) is 0 Å². The number of benzene rings is 3. The molecule has 0 fully saturated rings. The number of halogens is 2. The maximum Gasteiger partial charge on any atom is 0.243 e. The maximum absolute atomic E-state index is 14.4. The molecule has 16 heteroatoms. The van der Waals surface area contributed by atoms with Gasteiger partial charge in [0.25, 0.3) is 0 Å². The van der Waals surface area contributed by atoms with Crippen LogP contribution in [-0.2, 0) is 44.9 Å². The van der Waals surface area contributed by atoms with Crippen molar-refractivity contribution in [2.24, 2.45) is 5.73 Å². The molecule has 4 amide bonds. The van der Waals surface area contributed by atoms with Crippen LogP contribution < -0.4 is 27.0 Å². The van der Waals surface area contributed by atoms with E-state index in [-0.39, 0.29) is 48.3 Å². The molecule has 0 unspecified atom stereocenters. The standard InChI is InChI=1S/C43H44ClIN8O6/c44-30-6-3-25(4-7-30)18-37(53-43(59)38(51-39(55)2-1-14-46)21-29-24-50-35-10-8-31(54)22-33(29)35)42(58)52-36(19-26-11-15-47-16-12-26)41(57)48-17-13-28-23-49-34-9-5-27(40(45)56)20-32(28)34/h3-12,15-16,20,22-24,36-38,49-50,54H,1-2,13-14,17-19,21,46H2,(H,48,57)(H,51,55)(H,52,58)(H,53,59)/t36-,37-,38-/m0/s1. The predicted octanol–water partition coefficient (Wildman–Crippen LogP) is 4.56. The van der Waals surface area contributed by atoms with Gasteiger partial charge >= 0.3 is 0 Å². The van der Waals surface area contributed by atoms with Gasteiger partial charge in [0.1, 0.15) is 23.9 Å². The lowest BCUT2D eigenvalue weighted by atomic mass is 10.0. The highest BCUT2D eigenvalue weighted by Gasteiger charge is 2.31. The van der Waals surface area contributed by atoms with Crippen LogP contribution in [0.15, 0.2) is 97.6 Å². The van der Waals surface area contributed by atoms with Crippen molar-refractivity contribution in [3.63, 3.8) is 0 Å². The molecule has 14 nitrogen and oxygen atoms in total. The average molecular weight is 931 g/mol. The molecule has 3 aromatic heterocycles. The molecule has 3 heterocycles. The summed E-state index contributed by atoms with van der Waals surface area (Å²) in [5, 5.41) is 23.7. The summed E-state index contributed by atoms with van der Waals surface area (Å²) in [4.78, 5) is 77.9. The predicted molar refractivity (Wildman–Crippen MR) is 234 cm³/mol. The summed E-state index contributed by atoms with van der Waals surface area (Å²) >= 11 is 7.91. The summed E-state index contributed by atoms with van der Waals surface area (Å²) in [7, 11) is 0. The van der Waals surface area contributed by atoms with Crippen LogP contribution in [0.5, 0.6) is 5.75 Å². The van der Waals surface area contributed by atoms with Crippen LogP contribution in [0, 0.1) is 0 Å². The largest absolute Gasteiger partial charge is 0.508 e. The van der Waals surface area contributed by atoms with Gasteiger partial charge in [0.2, 0.25) is 27.4 Å². The average Bonchev–Trinajstić information content (AvgIpc) is 3.83. The fourth-order valence-corrected chi connectivity index (χ4v) is 7.28. The number of fused-ring (bicyclic) bond motifs is 2. The molecule has 306 valence electrons. The Balaban J connectivity index is 1.23. The third kappa shape index (κ3) is 11.7. The Hall–Kier alpha value is -5.78. The van der Waals surface area contributed by atoms with E-state index in [1.54, 1.807) is 102 Å². The highest BCUT2D eigenvalue weighted by molar-refractivity contribution is 14.1. The van der Waals surface area contributed by atoms with Crippen molar-refractivity contribution < 1.29 is 29.1 Å². The monoisotopic (exact) mass is 930 g/mol. The number of pyridine rings is 1. The number of nitrogens with one attached hydrogen (secondary N) is 6. The Morgan fingerprint density at radius 2 is 1.32 bits per heavy atom. The zero-order chi connectivity index (χ0) is 41.9. The number of carbonyl (C=O) groups is 5. The Labute approximate surface area is 358 Å². The Kier molecular flexibility index (Phi) is 14.7. The molecule has 0 spiro atoms. The minimum atomic E-state index is -1.19. The first-order valence-electron chi connectivity index (χ1n) is 19.1. The van der Waals surface area contributed by atoms with E-state index >= 15 is 0 Å². The highest BCUT2D eigenvalue weighted by Crippen LogP contribution is 2.25. The molecular formula is C43H44ClIN8O6. The highest BCUT2D eigenvalue weighted by atomic mass is 127. The first-order chi connectivity index (χ1) is 28.5. The zero-order valence-corrected chi connectivity index (χ0v) is 34.8. The number of aromatic amines is 2. The second-order valence-electron chi connectivity index (χ2n) is 14.2. The van der Waals surface area contributed by atoms with E-state index in [2.05, 4.69) is 36.2 Å². The van der Waals surface area contributed by atoms with Crippen LogP contribution in [0.3, 0.4) is 0 Å². The first-order valence-corrected chi connectivity index (χ1v) is 20.5. The van der Waals surface area contributed by atoms with Crippen molar-refractivity contribution in [1.82, 2.24) is 36.2 Å². The molecule has 3 aromatic carbocycles. The van der Waals surface area contributed by atoms with Crippen molar-refractivity contribution >= 4 is 83.4 Å². The smallest absolute Gasteiger partial charge is 0.243 e. The quantitative estimate of drug-likeness (QED) is 0.0424. The number of aromatic nitrogens is 3. The van der Waals surface area contributed by atoms with Crippen LogP contribution in [0.25, 0.3) is 21.8 Å². The number of phenolic OH excluding ortho intramolecular Hbond substituents is 1. The third-order valence-electron chi connectivity index (χ3n) is 9.93. The van der Waals surface area contributed by atoms with Crippen LogP contribution in [0.4, 0.5) is 0 Å². The number of hydrogen-bond donors (Lipinski definition) is 8. The van der Waals surface area contributed by atoms with Crippen LogP contribution >= 0.6 is 34.2 Å². The van der Waals surface area contributed by atoms with Gasteiger partial charge in [0, 0.05) is 112 Å². The molecule has 0 bridgehead atoms. The topological polar surface area (TPSA) is 224 Å². The Morgan fingerprint density at radius 1 is 0.729 bits per heavy atom. The molecule has 0 aliphatic carbocycles. The molecule has 6 rings (SSSR count). The summed E-state index contributed by atoms with van der Waals surface area (Å²) in [6.45, 7) is 0.521. The Morgan fingerprint density at radius 3 is 1.98 bits per heavy atom. The fourth-order valence-electron chi connectivity index (χ4n) is 6.82. The van der Waals surface area contributed by atoms with Crippen LogP contribution in [0.1, 0.15) is 45.5 Å². The molecule has 3 atom stereocenters. The number of H-pyrrole nitrogens is 2. The lowest BCUT2D eigenvalue weighted by molar-refractivity contribution is -0.133. The summed E-state index contributed by atoms with van der Waals surface area (Å²) < 4.78 is -0.0802. The van der Waals surface area contributed by atoms with E-state index in [1.807, 2.05) is 18.3 Å². The number of nitrogens with zero attached hydrogens (tertiary/aromatic N) is 1. The number of hydrogen-bond acceptors (Lipinski definition) is 8. The van der Waals surface area contributed by atoms with Gasteiger partial charge in [-0.05, 0) is 102 Å². The summed E-state index contributed by atoms with van der Waals surface area (Å²) in [6, 6.07) is 17.2. The number of phenols is 1. The van der Waals surface area contributed by atoms with E-state index in [0.717, 1.165) is 27.5 Å². The first kappa shape index (κ1) is 42.8. The van der Waals surface area contributed by atoms with E-state index in [9.17, 15) is 29.1 Å². The minimum absolute atomic E-state index is 0.0371. The molecule has 0 saturated heterocycles. The van der Waals surface area contributed by atoms with E-state index in [0.29, 0.717) is 39.9 Å². The maximum atomic E-state index is 14.4. The summed E-state index contributed by atoms with van der Waals surface area (Å²) in [5.41, 5.74) is 10.8. The fraction of sp³-hybridized carbons (Fsp3) is 0.256. The van der Waals surface area contributed by atoms with Crippen molar-refractivity contribution in [2.75, 3.05) is 13.1 Å². The lowest BCUT2D eigenvalue weighted by Gasteiger charge is -2.26. The molecule has 6 aromatic rings. The second kappa shape index (κ2) is 20.3. The van der Waals surface area contributed by atoms with Gasteiger partial charge < -0.3 is 42.1 Å². The zero-order valence-electron chi connectivity index (χ0n) is 31.9. The van der Waals surface area contributed by atoms with Crippen LogP contribution in [-0.4, -0.2) is 78.7 Å². The molecule has 0 aliphatic rings. The third-order valence-corrected chi connectivity index (χ3v) is 10.8. The van der Waals surface area contributed by atoms with Gasteiger partial charge in [0.05, 0.1) is 0 Å².